The molecule has 2 aromatic carbocycles. The van der Waals surface area contributed by atoms with Crippen LogP contribution in [-0.2, 0) is 13.2 Å². The van der Waals surface area contributed by atoms with E-state index in [2.05, 4.69) is 67.7 Å². The third kappa shape index (κ3) is 4.61. The summed E-state index contributed by atoms with van der Waals surface area (Å²) in [6.07, 6.45) is 1.17. The molecule has 0 aliphatic heterocycles. The Morgan fingerprint density at radius 1 is 0.952 bits per heavy atom. The summed E-state index contributed by atoms with van der Waals surface area (Å²) in [5.74, 6) is 1.54. The molecule has 2 rings (SSSR count). The van der Waals surface area contributed by atoms with Crippen LogP contribution in [0.1, 0.15) is 42.9 Å². The molecule has 112 valence electrons. The minimum Gasteiger partial charge on any atom is -0.489 e. The number of hydrogen-bond donors (Lipinski definition) is 1. The SMILES string of the molecule is CCC(C)c1ccc(OCc2ccc(CNC)cc2)cc1. The second kappa shape index (κ2) is 7.84. The van der Waals surface area contributed by atoms with Crippen LogP contribution >= 0.6 is 0 Å². The van der Waals surface area contributed by atoms with E-state index in [1.807, 2.05) is 7.05 Å². The topological polar surface area (TPSA) is 21.3 Å². The van der Waals surface area contributed by atoms with E-state index in [1.54, 1.807) is 0 Å². The molecule has 0 radical (unpaired) electrons. The minimum absolute atomic E-state index is 0.610. The highest BCUT2D eigenvalue weighted by molar-refractivity contribution is 5.30. The van der Waals surface area contributed by atoms with Crippen LogP contribution in [0, 0.1) is 0 Å². The Morgan fingerprint density at radius 3 is 2.14 bits per heavy atom. The highest BCUT2D eigenvalue weighted by Crippen LogP contribution is 2.22. The van der Waals surface area contributed by atoms with E-state index in [9.17, 15) is 0 Å². The van der Waals surface area contributed by atoms with Gasteiger partial charge in [0.05, 0.1) is 0 Å². The Balaban J connectivity index is 1.90. The molecular formula is C19H25NO. The van der Waals surface area contributed by atoms with Crippen LogP contribution in [0.15, 0.2) is 48.5 Å². The summed E-state index contributed by atoms with van der Waals surface area (Å²) < 4.78 is 5.84. The smallest absolute Gasteiger partial charge is 0.119 e. The van der Waals surface area contributed by atoms with Crippen molar-refractivity contribution in [2.24, 2.45) is 0 Å². The van der Waals surface area contributed by atoms with Crippen LogP contribution in [0.25, 0.3) is 0 Å². The average molecular weight is 283 g/mol. The van der Waals surface area contributed by atoms with Crippen LogP contribution in [0.3, 0.4) is 0 Å². The number of hydrogen-bond acceptors (Lipinski definition) is 2. The van der Waals surface area contributed by atoms with Crippen molar-refractivity contribution in [3.05, 3.63) is 65.2 Å². The van der Waals surface area contributed by atoms with E-state index in [0.717, 1.165) is 12.3 Å². The third-order valence-corrected chi connectivity index (χ3v) is 3.87. The van der Waals surface area contributed by atoms with E-state index < -0.39 is 0 Å². The van der Waals surface area contributed by atoms with Gasteiger partial charge in [0.25, 0.3) is 0 Å². The number of nitrogens with one attached hydrogen (secondary N) is 1. The molecule has 0 aliphatic rings. The Morgan fingerprint density at radius 2 is 1.57 bits per heavy atom. The average Bonchev–Trinajstić information content (AvgIpc) is 2.54. The standard InChI is InChI=1S/C19H25NO/c1-4-15(2)18-9-11-19(12-10-18)21-14-17-7-5-16(6-8-17)13-20-3/h5-12,15,20H,4,13-14H2,1-3H3. The quantitative estimate of drug-likeness (QED) is 0.808. The number of rotatable bonds is 7. The molecular weight excluding hydrogens is 258 g/mol. The van der Waals surface area contributed by atoms with Gasteiger partial charge in [-0.15, -0.1) is 0 Å². The van der Waals surface area contributed by atoms with Gasteiger partial charge in [0.15, 0.2) is 0 Å². The maximum absolute atomic E-state index is 5.84. The first-order valence-corrected chi connectivity index (χ1v) is 7.68. The van der Waals surface area contributed by atoms with Gasteiger partial charge in [-0.3, -0.25) is 0 Å². The Labute approximate surface area is 128 Å². The monoisotopic (exact) mass is 283 g/mol. The molecule has 0 aromatic heterocycles. The molecule has 1 atom stereocenters. The molecule has 2 aromatic rings. The van der Waals surface area contributed by atoms with Gasteiger partial charge in [0.1, 0.15) is 12.4 Å². The molecule has 0 aliphatic carbocycles. The predicted octanol–water partition coefficient (Wildman–Crippen LogP) is 4.50. The fourth-order valence-corrected chi connectivity index (χ4v) is 2.25. The van der Waals surface area contributed by atoms with Crippen LogP contribution in [0.4, 0.5) is 0 Å². The summed E-state index contributed by atoms with van der Waals surface area (Å²) in [5, 5.41) is 3.15. The minimum atomic E-state index is 0.610. The molecule has 0 fully saturated rings. The second-order valence-electron chi connectivity index (χ2n) is 5.51. The first kappa shape index (κ1) is 15.6. The van der Waals surface area contributed by atoms with Gasteiger partial charge in [0.2, 0.25) is 0 Å². The summed E-state index contributed by atoms with van der Waals surface area (Å²) in [6.45, 7) is 5.98. The lowest BCUT2D eigenvalue weighted by Gasteiger charge is -2.11. The lowest BCUT2D eigenvalue weighted by atomic mass is 9.99. The van der Waals surface area contributed by atoms with Crippen molar-refractivity contribution in [2.75, 3.05) is 7.05 Å². The predicted molar refractivity (Wildman–Crippen MR) is 88.7 cm³/mol. The van der Waals surface area contributed by atoms with Crippen LogP contribution in [0.5, 0.6) is 5.75 Å². The lowest BCUT2D eigenvalue weighted by Crippen LogP contribution is -2.05. The van der Waals surface area contributed by atoms with Crippen molar-refractivity contribution in [1.29, 1.82) is 0 Å². The van der Waals surface area contributed by atoms with E-state index in [4.69, 9.17) is 4.74 Å². The molecule has 0 bridgehead atoms. The zero-order valence-corrected chi connectivity index (χ0v) is 13.2. The van der Waals surface area contributed by atoms with Gasteiger partial charge in [-0.2, -0.15) is 0 Å². The number of ether oxygens (including phenoxy) is 1. The van der Waals surface area contributed by atoms with Crippen molar-refractivity contribution < 1.29 is 4.74 Å². The lowest BCUT2D eigenvalue weighted by molar-refractivity contribution is 0.306. The zero-order valence-electron chi connectivity index (χ0n) is 13.2. The largest absolute Gasteiger partial charge is 0.489 e. The molecule has 21 heavy (non-hydrogen) atoms. The Hall–Kier alpha value is -1.80. The van der Waals surface area contributed by atoms with E-state index in [-0.39, 0.29) is 0 Å². The van der Waals surface area contributed by atoms with Gasteiger partial charge in [0, 0.05) is 6.54 Å². The Kier molecular flexibility index (Phi) is 5.82. The molecule has 2 heteroatoms. The Bertz CT molecular complexity index is 530. The fourth-order valence-electron chi connectivity index (χ4n) is 2.25. The zero-order chi connectivity index (χ0) is 15.1. The molecule has 0 amide bonds. The highest BCUT2D eigenvalue weighted by atomic mass is 16.5. The number of benzene rings is 2. The van der Waals surface area contributed by atoms with Crippen LogP contribution in [0.2, 0.25) is 0 Å². The van der Waals surface area contributed by atoms with Crippen molar-refractivity contribution >= 4 is 0 Å². The van der Waals surface area contributed by atoms with Crippen molar-refractivity contribution in [3.8, 4) is 5.75 Å². The fraction of sp³-hybridized carbons (Fsp3) is 0.368. The molecule has 2 nitrogen and oxygen atoms in total. The van der Waals surface area contributed by atoms with Gasteiger partial charge in [-0.05, 0) is 48.2 Å². The third-order valence-electron chi connectivity index (χ3n) is 3.87. The first-order chi connectivity index (χ1) is 10.2. The first-order valence-electron chi connectivity index (χ1n) is 7.68. The van der Waals surface area contributed by atoms with Gasteiger partial charge in [-0.25, -0.2) is 0 Å². The molecule has 0 saturated heterocycles. The van der Waals surface area contributed by atoms with E-state index in [1.165, 1.54) is 23.1 Å². The van der Waals surface area contributed by atoms with Crippen molar-refractivity contribution in [1.82, 2.24) is 5.32 Å². The second-order valence-corrected chi connectivity index (χ2v) is 5.51. The van der Waals surface area contributed by atoms with Gasteiger partial charge in [-0.1, -0.05) is 50.2 Å². The molecule has 0 heterocycles. The van der Waals surface area contributed by atoms with Gasteiger partial charge < -0.3 is 10.1 Å². The summed E-state index contributed by atoms with van der Waals surface area (Å²) in [5.41, 5.74) is 3.86. The molecule has 1 N–H and O–H groups in total. The molecule has 1 unspecified atom stereocenters. The van der Waals surface area contributed by atoms with E-state index >= 15 is 0 Å². The summed E-state index contributed by atoms with van der Waals surface area (Å²) >= 11 is 0. The molecule has 0 spiro atoms. The van der Waals surface area contributed by atoms with Crippen molar-refractivity contribution in [3.63, 3.8) is 0 Å². The summed E-state index contributed by atoms with van der Waals surface area (Å²) in [4.78, 5) is 0. The maximum atomic E-state index is 5.84. The van der Waals surface area contributed by atoms with Crippen molar-refractivity contribution in [2.45, 2.75) is 39.3 Å². The van der Waals surface area contributed by atoms with E-state index in [0.29, 0.717) is 12.5 Å². The highest BCUT2D eigenvalue weighted by Gasteiger charge is 2.03. The maximum Gasteiger partial charge on any atom is 0.119 e. The summed E-state index contributed by atoms with van der Waals surface area (Å²) in [6, 6.07) is 17.0. The van der Waals surface area contributed by atoms with Gasteiger partial charge >= 0.3 is 0 Å². The van der Waals surface area contributed by atoms with Crippen LogP contribution in [-0.4, -0.2) is 7.05 Å². The summed E-state index contributed by atoms with van der Waals surface area (Å²) in [7, 11) is 1.96. The molecule has 0 saturated carbocycles. The normalized spacial score (nSPS) is 12.1. The van der Waals surface area contributed by atoms with Crippen LogP contribution < -0.4 is 10.1 Å².